The van der Waals surface area contributed by atoms with Gasteiger partial charge in [0.15, 0.2) is 0 Å². The maximum atomic E-state index is 12.1. The molecule has 0 heterocycles. The van der Waals surface area contributed by atoms with Crippen molar-refractivity contribution < 1.29 is 22.7 Å². The van der Waals surface area contributed by atoms with E-state index in [9.17, 15) is 18.0 Å². The smallest absolute Gasteiger partial charge is 0.406 e. The van der Waals surface area contributed by atoms with Gasteiger partial charge in [-0.2, -0.15) is 0 Å². The Labute approximate surface area is 133 Å². The van der Waals surface area contributed by atoms with E-state index < -0.39 is 6.36 Å². The number of carbonyl (C=O) groups excluding carboxylic acids is 1. The van der Waals surface area contributed by atoms with E-state index in [2.05, 4.69) is 22.3 Å². The highest BCUT2D eigenvalue weighted by atomic mass is 19.4. The van der Waals surface area contributed by atoms with Gasteiger partial charge >= 0.3 is 6.36 Å². The fraction of sp³-hybridized carbons (Fsp3) is 0.562. The Morgan fingerprint density at radius 3 is 2.48 bits per heavy atom. The van der Waals surface area contributed by atoms with E-state index in [0.29, 0.717) is 17.6 Å². The first-order valence-electron chi connectivity index (χ1n) is 7.72. The summed E-state index contributed by atoms with van der Waals surface area (Å²) in [6, 6.07) is 5.43. The van der Waals surface area contributed by atoms with Crippen LogP contribution in [0.5, 0.6) is 5.75 Å². The molecular weight excluding hydrogens is 309 g/mol. The minimum absolute atomic E-state index is 0.190. The van der Waals surface area contributed by atoms with Crippen molar-refractivity contribution in [1.29, 1.82) is 0 Å². The fourth-order valence-corrected chi connectivity index (χ4v) is 2.79. The van der Waals surface area contributed by atoms with Crippen LogP contribution in [0.3, 0.4) is 0 Å². The lowest BCUT2D eigenvalue weighted by Crippen LogP contribution is -2.41. The molecule has 1 aromatic rings. The zero-order valence-electron chi connectivity index (χ0n) is 13.0. The Kier molecular flexibility index (Phi) is 5.87. The van der Waals surface area contributed by atoms with Crippen molar-refractivity contribution in [3.8, 4) is 5.75 Å². The molecule has 1 fully saturated rings. The predicted octanol–water partition coefficient (Wildman–Crippen LogP) is 3.69. The molecule has 1 saturated carbocycles. The minimum Gasteiger partial charge on any atom is -0.406 e. The molecule has 1 aliphatic rings. The molecular formula is C16H21F3N2O2. The Morgan fingerprint density at radius 1 is 1.22 bits per heavy atom. The van der Waals surface area contributed by atoms with Crippen LogP contribution >= 0.6 is 0 Å². The molecule has 2 rings (SSSR count). The van der Waals surface area contributed by atoms with Crippen molar-refractivity contribution in [1.82, 2.24) is 5.32 Å². The average Bonchev–Trinajstić information content (AvgIpc) is 2.47. The van der Waals surface area contributed by atoms with Crippen LogP contribution in [0, 0.1) is 5.92 Å². The van der Waals surface area contributed by atoms with Gasteiger partial charge in [-0.1, -0.05) is 19.8 Å². The van der Waals surface area contributed by atoms with E-state index in [1.165, 1.54) is 43.5 Å². The Morgan fingerprint density at radius 2 is 1.87 bits per heavy atom. The molecule has 1 aliphatic carbocycles. The van der Waals surface area contributed by atoms with Crippen LogP contribution in [0.4, 0.5) is 18.9 Å². The first-order valence-corrected chi connectivity index (χ1v) is 7.72. The molecule has 23 heavy (non-hydrogen) atoms. The third-order valence-corrected chi connectivity index (χ3v) is 4.01. The molecule has 7 heteroatoms. The van der Waals surface area contributed by atoms with E-state index in [4.69, 9.17) is 0 Å². The molecule has 0 spiro atoms. The van der Waals surface area contributed by atoms with Gasteiger partial charge in [-0.15, -0.1) is 13.2 Å². The monoisotopic (exact) mass is 330 g/mol. The van der Waals surface area contributed by atoms with Crippen LogP contribution in [0.15, 0.2) is 24.3 Å². The summed E-state index contributed by atoms with van der Waals surface area (Å²) in [7, 11) is 0. The Hall–Kier alpha value is -1.76. The van der Waals surface area contributed by atoms with Crippen LogP contribution in [0.25, 0.3) is 0 Å². The topological polar surface area (TPSA) is 50.4 Å². The molecule has 1 aromatic carbocycles. The summed E-state index contributed by atoms with van der Waals surface area (Å²) in [6.07, 6.45) is -0.0779. The summed E-state index contributed by atoms with van der Waals surface area (Å²) < 4.78 is 40.0. The second kappa shape index (κ2) is 7.68. The summed E-state index contributed by atoms with van der Waals surface area (Å²) in [5.41, 5.74) is 0.433. The van der Waals surface area contributed by atoms with E-state index in [1.54, 1.807) is 0 Å². The van der Waals surface area contributed by atoms with Crippen molar-refractivity contribution in [3.05, 3.63) is 24.3 Å². The molecule has 0 bridgehead atoms. The van der Waals surface area contributed by atoms with E-state index in [-0.39, 0.29) is 18.2 Å². The molecule has 0 saturated heterocycles. The lowest BCUT2D eigenvalue weighted by Gasteiger charge is -2.29. The number of hydrogen-bond donors (Lipinski definition) is 2. The maximum absolute atomic E-state index is 12.1. The number of ether oxygens (including phenoxy) is 1. The third-order valence-electron chi connectivity index (χ3n) is 4.01. The summed E-state index contributed by atoms with van der Waals surface area (Å²) in [5, 5.41) is 5.90. The molecule has 0 aromatic heterocycles. The number of carbonyl (C=O) groups is 1. The summed E-state index contributed by atoms with van der Waals surface area (Å²) in [4.78, 5) is 11.9. The Bertz CT molecular complexity index is 517. The van der Waals surface area contributed by atoms with Gasteiger partial charge in [0.05, 0.1) is 6.54 Å². The number of hydrogen-bond acceptors (Lipinski definition) is 3. The Balaban J connectivity index is 1.78. The molecule has 2 atom stereocenters. The van der Waals surface area contributed by atoms with Crippen molar-refractivity contribution >= 4 is 11.6 Å². The largest absolute Gasteiger partial charge is 0.573 e. The second-order valence-electron chi connectivity index (χ2n) is 5.87. The van der Waals surface area contributed by atoms with Gasteiger partial charge in [0, 0.05) is 11.7 Å². The number of amides is 1. The van der Waals surface area contributed by atoms with Crippen LogP contribution in [0.1, 0.15) is 32.6 Å². The van der Waals surface area contributed by atoms with Crippen molar-refractivity contribution in [2.75, 3.05) is 11.9 Å². The number of benzene rings is 1. The zero-order valence-corrected chi connectivity index (χ0v) is 13.0. The number of alkyl halides is 3. The molecule has 128 valence electrons. The highest BCUT2D eigenvalue weighted by Gasteiger charge is 2.31. The number of anilines is 1. The number of nitrogens with one attached hydrogen (secondary N) is 2. The molecule has 0 radical (unpaired) electrons. The van der Waals surface area contributed by atoms with Crippen molar-refractivity contribution in [3.63, 3.8) is 0 Å². The maximum Gasteiger partial charge on any atom is 0.573 e. The van der Waals surface area contributed by atoms with Gasteiger partial charge in [-0.25, -0.2) is 0 Å². The van der Waals surface area contributed by atoms with Gasteiger partial charge in [0.2, 0.25) is 5.91 Å². The normalized spacial score (nSPS) is 21.7. The summed E-state index contributed by atoms with van der Waals surface area (Å²) in [5.74, 6) is 0.0206. The quantitative estimate of drug-likeness (QED) is 0.866. The third kappa shape index (κ3) is 6.09. The average molecular weight is 330 g/mol. The number of halogens is 3. The van der Waals surface area contributed by atoms with Crippen LogP contribution in [-0.2, 0) is 4.79 Å². The van der Waals surface area contributed by atoms with E-state index in [0.717, 1.165) is 6.42 Å². The molecule has 0 aliphatic heterocycles. The molecule has 2 N–H and O–H groups in total. The van der Waals surface area contributed by atoms with E-state index in [1.807, 2.05) is 0 Å². The highest BCUT2D eigenvalue weighted by Crippen LogP contribution is 2.24. The second-order valence-corrected chi connectivity index (χ2v) is 5.87. The van der Waals surface area contributed by atoms with Crippen LogP contribution in [-0.4, -0.2) is 24.9 Å². The highest BCUT2D eigenvalue weighted by molar-refractivity contribution is 5.92. The SMILES string of the molecule is CC1CCCCC1NCC(=O)Nc1ccc(OC(F)(F)F)cc1. The number of rotatable bonds is 5. The summed E-state index contributed by atoms with van der Waals surface area (Å²) >= 11 is 0. The predicted molar refractivity (Wildman–Crippen MR) is 81.2 cm³/mol. The molecule has 2 unspecified atom stereocenters. The van der Waals surface area contributed by atoms with Gasteiger partial charge in [0.25, 0.3) is 0 Å². The van der Waals surface area contributed by atoms with Gasteiger partial charge < -0.3 is 15.4 Å². The minimum atomic E-state index is -4.72. The van der Waals surface area contributed by atoms with Crippen molar-refractivity contribution in [2.45, 2.75) is 45.0 Å². The van der Waals surface area contributed by atoms with Crippen LogP contribution in [0.2, 0.25) is 0 Å². The van der Waals surface area contributed by atoms with E-state index >= 15 is 0 Å². The van der Waals surface area contributed by atoms with Crippen molar-refractivity contribution in [2.24, 2.45) is 5.92 Å². The lowest BCUT2D eigenvalue weighted by molar-refractivity contribution is -0.274. The standard InChI is InChI=1S/C16H21F3N2O2/c1-11-4-2-3-5-14(11)20-10-15(22)21-12-6-8-13(9-7-12)23-16(17,18)19/h6-9,11,14,20H,2-5,10H2,1H3,(H,21,22). The van der Waals surface area contributed by atoms with Gasteiger partial charge in [0.1, 0.15) is 5.75 Å². The zero-order chi connectivity index (χ0) is 16.9. The summed E-state index contributed by atoms with van der Waals surface area (Å²) in [6.45, 7) is 2.36. The van der Waals surface area contributed by atoms with Gasteiger partial charge in [-0.3, -0.25) is 4.79 Å². The molecule has 4 nitrogen and oxygen atoms in total. The molecule has 1 amide bonds. The van der Waals surface area contributed by atoms with Crippen LogP contribution < -0.4 is 15.4 Å². The fourth-order valence-electron chi connectivity index (χ4n) is 2.79. The lowest BCUT2D eigenvalue weighted by atomic mass is 9.86. The first kappa shape index (κ1) is 17.6. The van der Waals surface area contributed by atoms with Gasteiger partial charge in [-0.05, 0) is 43.0 Å². The first-order chi connectivity index (χ1) is 10.8.